The Hall–Kier alpha value is -3.28. The van der Waals surface area contributed by atoms with Crippen LogP contribution in [0.2, 0.25) is 13.1 Å². The number of hydrogen-bond donors (Lipinski definition) is 0. The van der Waals surface area contributed by atoms with Crippen LogP contribution in [0.3, 0.4) is 0 Å². The van der Waals surface area contributed by atoms with Gasteiger partial charge in [-0.1, -0.05) is 48.2 Å². The van der Waals surface area contributed by atoms with Crippen LogP contribution < -0.4 is 0 Å². The summed E-state index contributed by atoms with van der Waals surface area (Å²) in [5, 5.41) is 0. The minimum atomic E-state index is -2.11. The van der Waals surface area contributed by atoms with E-state index in [9.17, 15) is 9.59 Å². The first kappa shape index (κ1) is 20.0. The monoisotopic (exact) mass is 376 g/mol. The molecule has 5 heteroatoms. The molecule has 0 aliphatic rings. The van der Waals surface area contributed by atoms with Gasteiger partial charge >= 0.3 is 11.9 Å². The Bertz CT molecular complexity index is 822. The second kappa shape index (κ2) is 10.0. The van der Waals surface area contributed by atoms with Crippen LogP contribution in [0, 0.1) is 22.9 Å². The molecule has 0 heterocycles. The molecule has 0 fully saturated rings. The van der Waals surface area contributed by atoms with E-state index in [2.05, 4.69) is 22.9 Å². The van der Waals surface area contributed by atoms with Crippen molar-refractivity contribution in [2.24, 2.45) is 0 Å². The molecule has 0 saturated carbocycles. The van der Waals surface area contributed by atoms with Gasteiger partial charge in [0.05, 0.1) is 11.1 Å². The van der Waals surface area contributed by atoms with Gasteiger partial charge in [0.25, 0.3) is 0 Å². The third-order valence-corrected chi connectivity index (χ3v) is 4.98. The summed E-state index contributed by atoms with van der Waals surface area (Å²) in [7, 11) is -2.11. The maximum atomic E-state index is 11.8. The van der Waals surface area contributed by atoms with Gasteiger partial charge < -0.3 is 9.47 Å². The van der Waals surface area contributed by atoms with Crippen LogP contribution in [0.1, 0.15) is 20.7 Å². The van der Waals surface area contributed by atoms with Crippen LogP contribution in [0.4, 0.5) is 0 Å². The van der Waals surface area contributed by atoms with Crippen LogP contribution >= 0.6 is 0 Å². The van der Waals surface area contributed by atoms with Crippen molar-refractivity contribution in [2.75, 3.05) is 13.2 Å². The summed E-state index contributed by atoms with van der Waals surface area (Å²) in [5.74, 6) is 4.92. The molecular formula is C22H20O4Si. The summed E-state index contributed by atoms with van der Waals surface area (Å²) >= 11 is 0. The highest BCUT2D eigenvalue weighted by molar-refractivity contribution is 6.92. The smallest absolute Gasteiger partial charge is 0.339 e. The Morgan fingerprint density at radius 3 is 1.48 bits per heavy atom. The van der Waals surface area contributed by atoms with E-state index >= 15 is 0 Å². The van der Waals surface area contributed by atoms with E-state index in [0.29, 0.717) is 11.1 Å². The lowest BCUT2D eigenvalue weighted by molar-refractivity contribution is 0.0547. The average molecular weight is 376 g/mol. The minimum absolute atomic E-state index is 0.0226. The Kier molecular flexibility index (Phi) is 7.43. The molecular weight excluding hydrogens is 356 g/mol. The highest BCUT2D eigenvalue weighted by Gasteiger charge is 2.14. The van der Waals surface area contributed by atoms with Gasteiger partial charge in [-0.05, 0) is 37.4 Å². The van der Waals surface area contributed by atoms with Crippen LogP contribution in [-0.4, -0.2) is 33.2 Å². The number of carbonyl (C=O) groups excluding carboxylic acids is 2. The zero-order chi connectivity index (χ0) is 19.5. The fourth-order valence-corrected chi connectivity index (χ4v) is 3.15. The van der Waals surface area contributed by atoms with Gasteiger partial charge in [-0.15, -0.1) is 11.1 Å². The molecule has 0 unspecified atom stereocenters. The van der Waals surface area contributed by atoms with Gasteiger partial charge in [-0.25, -0.2) is 9.59 Å². The molecule has 0 amide bonds. The topological polar surface area (TPSA) is 52.6 Å². The number of rotatable bonds is 4. The van der Waals surface area contributed by atoms with E-state index in [1.807, 2.05) is 25.2 Å². The van der Waals surface area contributed by atoms with Gasteiger partial charge in [0.15, 0.2) is 13.2 Å². The summed E-state index contributed by atoms with van der Waals surface area (Å²) < 4.78 is 10.2. The standard InChI is InChI=1S/C22H20O4Si/c1-27(2,17-9-15-25-21(23)19-11-5-3-6-12-19)18-10-16-26-22(24)20-13-7-4-8-14-20/h3-8,11-14H,15-16H2,1-2H3. The zero-order valence-corrected chi connectivity index (χ0v) is 16.3. The lowest BCUT2D eigenvalue weighted by Crippen LogP contribution is -2.21. The van der Waals surface area contributed by atoms with E-state index in [1.165, 1.54) is 0 Å². The maximum Gasteiger partial charge on any atom is 0.339 e. The van der Waals surface area contributed by atoms with Crippen LogP contribution in [0.15, 0.2) is 60.7 Å². The van der Waals surface area contributed by atoms with Crippen molar-refractivity contribution in [1.29, 1.82) is 0 Å². The van der Waals surface area contributed by atoms with Crippen molar-refractivity contribution < 1.29 is 19.1 Å². The third-order valence-electron chi connectivity index (χ3n) is 3.37. The first-order valence-corrected chi connectivity index (χ1v) is 11.4. The molecule has 0 spiro atoms. The summed E-state index contributed by atoms with van der Waals surface area (Å²) in [6.45, 7) is 4.00. The van der Waals surface area contributed by atoms with E-state index in [-0.39, 0.29) is 13.2 Å². The number of ether oxygens (including phenoxy) is 2. The number of hydrogen-bond acceptors (Lipinski definition) is 4. The normalized spacial score (nSPS) is 9.85. The van der Waals surface area contributed by atoms with Gasteiger partial charge in [0, 0.05) is 0 Å². The Morgan fingerprint density at radius 1 is 0.741 bits per heavy atom. The van der Waals surface area contributed by atoms with Crippen molar-refractivity contribution in [3.63, 3.8) is 0 Å². The fourth-order valence-electron chi connectivity index (χ4n) is 2.06. The van der Waals surface area contributed by atoms with E-state index in [4.69, 9.17) is 9.47 Å². The SMILES string of the molecule is C[Si](C)(C#CCOC(=O)c1ccccc1)C#CCOC(=O)c1ccccc1. The number of benzene rings is 2. The minimum Gasteiger partial charge on any atom is -0.449 e. The molecule has 2 aromatic rings. The van der Waals surface area contributed by atoms with Gasteiger partial charge in [0.1, 0.15) is 0 Å². The van der Waals surface area contributed by atoms with Crippen LogP contribution in [0.25, 0.3) is 0 Å². The average Bonchev–Trinajstić information content (AvgIpc) is 2.69. The highest BCUT2D eigenvalue weighted by atomic mass is 28.3. The Labute approximate surface area is 160 Å². The van der Waals surface area contributed by atoms with E-state index < -0.39 is 20.0 Å². The highest BCUT2D eigenvalue weighted by Crippen LogP contribution is 2.02. The van der Waals surface area contributed by atoms with Crippen LogP contribution in [-0.2, 0) is 9.47 Å². The molecule has 2 rings (SSSR count). The third kappa shape index (κ3) is 7.23. The molecule has 0 saturated heterocycles. The summed E-state index contributed by atoms with van der Waals surface area (Å²) in [4.78, 5) is 23.6. The molecule has 4 nitrogen and oxygen atoms in total. The Balaban J connectivity index is 1.78. The molecule has 0 atom stereocenters. The fraction of sp³-hybridized carbons (Fsp3) is 0.182. The predicted octanol–water partition coefficient (Wildman–Crippen LogP) is 3.49. The molecule has 0 aliphatic carbocycles. The first-order valence-electron chi connectivity index (χ1n) is 8.42. The van der Waals surface area contributed by atoms with Crippen molar-refractivity contribution in [1.82, 2.24) is 0 Å². The predicted molar refractivity (Wildman–Crippen MR) is 106 cm³/mol. The molecule has 0 aliphatic heterocycles. The molecule has 136 valence electrons. The van der Waals surface area contributed by atoms with Crippen molar-refractivity contribution in [3.05, 3.63) is 71.8 Å². The lowest BCUT2D eigenvalue weighted by Gasteiger charge is -2.05. The van der Waals surface area contributed by atoms with Gasteiger partial charge in [-0.2, -0.15) is 0 Å². The molecule has 27 heavy (non-hydrogen) atoms. The first-order chi connectivity index (χ1) is 13.0. The van der Waals surface area contributed by atoms with E-state index in [1.54, 1.807) is 48.5 Å². The molecule has 2 aromatic carbocycles. The second-order valence-corrected chi connectivity index (χ2v) is 9.86. The van der Waals surface area contributed by atoms with Gasteiger partial charge in [-0.3, -0.25) is 0 Å². The molecule has 0 N–H and O–H groups in total. The number of esters is 2. The van der Waals surface area contributed by atoms with Gasteiger partial charge in [0.2, 0.25) is 8.07 Å². The summed E-state index contributed by atoms with van der Waals surface area (Å²) in [5.41, 5.74) is 7.16. The maximum absolute atomic E-state index is 11.8. The quantitative estimate of drug-likeness (QED) is 0.466. The van der Waals surface area contributed by atoms with Crippen molar-refractivity contribution >= 4 is 20.0 Å². The Morgan fingerprint density at radius 2 is 1.11 bits per heavy atom. The van der Waals surface area contributed by atoms with Crippen LogP contribution in [0.5, 0.6) is 0 Å². The summed E-state index contributed by atoms with van der Waals surface area (Å²) in [6, 6.07) is 17.5. The lowest BCUT2D eigenvalue weighted by atomic mass is 10.2. The zero-order valence-electron chi connectivity index (χ0n) is 15.3. The number of carbonyl (C=O) groups is 2. The molecule has 0 bridgehead atoms. The van der Waals surface area contributed by atoms with Crippen molar-refractivity contribution in [2.45, 2.75) is 13.1 Å². The molecule has 0 radical (unpaired) electrons. The largest absolute Gasteiger partial charge is 0.449 e. The van der Waals surface area contributed by atoms with Crippen molar-refractivity contribution in [3.8, 4) is 22.9 Å². The summed E-state index contributed by atoms with van der Waals surface area (Å²) in [6.07, 6.45) is 0. The molecule has 0 aromatic heterocycles. The second-order valence-electron chi connectivity index (χ2n) is 6.11. The van der Waals surface area contributed by atoms with E-state index in [0.717, 1.165) is 0 Å².